The van der Waals surface area contributed by atoms with Gasteiger partial charge >= 0.3 is 0 Å². The number of aliphatic hydroxyl groups is 2. The van der Waals surface area contributed by atoms with Crippen molar-refractivity contribution in [1.29, 1.82) is 0 Å². The standard InChI is InChI=1S/C11H20O3/c1-3-4-5-7-8(12)6-11(2,13)10-9(7)14-10/h7-10,12-13H,3-6H2,1-2H3/t7-,8-,9-,10-,11+/m1/s1. The second-order valence-electron chi connectivity index (χ2n) is 4.96. The highest BCUT2D eigenvalue weighted by Crippen LogP contribution is 2.47. The fourth-order valence-corrected chi connectivity index (χ4v) is 2.66. The zero-order valence-electron chi connectivity index (χ0n) is 8.94. The maximum atomic E-state index is 9.91. The van der Waals surface area contributed by atoms with Crippen LogP contribution in [-0.2, 0) is 4.74 Å². The van der Waals surface area contributed by atoms with Gasteiger partial charge in [-0.2, -0.15) is 0 Å². The third-order valence-electron chi connectivity index (χ3n) is 3.57. The van der Waals surface area contributed by atoms with Crippen molar-refractivity contribution in [2.45, 2.75) is 63.4 Å². The zero-order chi connectivity index (χ0) is 10.3. The molecule has 0 aromatic heterocycles. The molecule has 2 N–H and O–H groups in total. The fraction of sp³-hybridized carbons (Fsp3) is 1.00. The second kappa shape index (κ2) is 3.47. The van der Waals surface area contributed by atoms with Crippen molar-refractivity contribution in [3.8, 4) is 0 Å². The van der Waals surface area contributed by atoms with Gasteiger partial charge in [-0.25, -0.2) is 0 Å². The van der Waals surface area contributed by atoms with Crippen molar-refractivity contribution in [2.75, 3.05) is 0 Å². The van der Waals surface area contributed by atoms with Gasteiger partial charge in [-0.3, -0.25) is 0 Å². The number of hydrogen-bond donors (Lipinski definition) is 2. The predicted molar refractivity (Wildman–Crippen MR) is 52.9 cm³/mol. The lowest BCUT2D eigenvalue weighted by Crippen LogP contribution is -2.46. The molecule has 0 amide bonds. The van der Waals surface area contributed by atoms with Crippen molar-refractivity contribution < 1.29 is 14.9 Å². The van der Waals surface area contributed by atoms with Gasteiger partial charge in [0.2, 0.25) is 0 Å². The first-order valence-electron chi connectivity index (χ1n) is 5.62. The lowest BCUT2D eigenvalue weighted by atomic mass is 9.76. The Bertz CT molecular complexity index is 213. The highest BCUT2D eigenvalue weighted by atomic mass is 16.6. The first kappa shape index (κ1) is 10.4. The van der Waals surface area contributed by atoms with Crippen LogP contribution in [0.15, 0.2) is 0 Å². The van der Waals surface area contributed by atoms with E-state index < -0.39 is 5.60 Å². The van der Waals surface area contributed by atoms with E-state index in [4.69, 9.17) is 4.74 Å². The molecule has 2 fully saturated rings. The van der Waals surface area contributed by atoms with Crippen molar-refractivity contribution >= 4 is 0 Å². The SMILES string of the molecule is CCCC[C@H]1[C@H]2O[C@H]2[C@@](C)(O)C[C@H]1O. The van der Waals surface area contributed by atoms with E-state index in [1.54, 1.807) is 6.92 Å². The van der Waals surface area contributed by atoms with Crippen LogP contribution in [0.5, 0.6) is 0 Å². The number of aliphatic hydroxyl groups excluding tert-OH is 1. The molecule has 0 aromatic carbocycles. The molecule has 0 aromatic rings. The summed E-state index contributed by atoms with van der Waals surface area (Å²) in [5.41, 5.74) is -0.813. The van der Waals surface area contributed by atoms with E-state index in [0.717, 1.165) is 19.3 Å². The molecule has 2 aliphatic rings. The lowest BCUT2D eigenvalue weighted by molar-refractivity contribution is -0.0443. The summed E-state index contributed by atoms with van der Waals surface area (Å²) < 4.78 is 5.46. The summed E-state index contributed by atoms with van der Waals surface area (Å²) in [6.07, 6.45) is 3.47. The molecule has 82 valence electrons. The number of epoxide rings is 1. The van der Waals surface area contributed by atoms with Gasteiger partial charge in [0.1, 0.15) is 6.10 Å². The molecule has 1 saturated carbocycles. The van der Waals surface area contributed by atoms with Gasteiger partial charge in [0.15, 0.2) is 0 Å². The largest absolute Gasteiger partial charge is 0.393 e. The van der Waals surface area contributed by atoms with E-state index in [2.05, 4.69) is 6.92 Å². The van der Waals surface area contributed by atoms with E-state index >= 15 is 0 Å². The Morgan fingerprint density at radius 1 is 1.50 bits per heavy atom. The van der Waals surface area contributed by atoms with E-state index in [0.29, 0.717) is 6.42 Å². The number of unbranched alkanes of at least 4 members (excludes halogenated alkanes) is 1. The smallest absolute Gasteiger partial charge is 0.113 e. The fourth-order valence-electron chi connectivity index (χ4n) is 2.66. The van der Waals surface area contributed by atoms with E-state index in [1.807, 2.05) is 0 Å². The molecule has 5 atom stereocenters. The Hall–Kier alpha value is -0.120. The topological polar surface area (TPSA) is 53.0 Å². The minimum absolute atomic E-state index is 0.0206. The summed E-state index contributed by atoms with van der Waals surface area (Å²) in [5.74, 6) is 0.250. The minimum Gasteiger partial charge on any atom is -0.393 e. The van der Waals surface area contributed by atoms with Crippen LogP contribution in [0.25, 0.3) is 0 Å². The molecule has 1 heterocycles. The third-order valence-corrected chi connectivity index (χ3v) is 3.57. The average molecular weight is 200 g/mol. The van der Waals surface area contributed by atoms with Crippen molar-refractivity contribution in [3.63, 3.8) is 0 Å². The van der Waals surface area contributed by atoms with Gasteiger partial charge in [-0.15, -0.1) is 0 Å². The van der Waals surface area contributed by atoms with Crippen LogP contribution in [0.3, 0.4) is 0 Å². The zero-order valence-corrected chi connectivity index (χ0v) is 8.94. The second-order valence-corrected chi connectivity index (χ2v) is 4.96. The number of rotatable bonds is 3. The molecular weight excluding hydrogens is 180 g/mol. The average Bonchev–Trinajstić information content (AvgIpc) is 2.83. The van der Waals surface area contributed by atoms with Gasteiger partial charge in [-0.1, -0.05) is 19.8 Å². The first-order chi connectivity index (χ1) is 6.56. The van der Waals surface area contributed by atoms with Gasteiger partial charge in [-0.05, 0) is 13.3 Å². The van der Waals surface area contributed by atoms with E-state index in [9.17, 15) is 10.2 Å². The summed E-state index contributed by atoms with van der Waals surface area (Å²) in [7, 11) is 0. The molecule has 1 aliphatic carbocycles. The highest BCUT2D eigenvalue weighted by molar-refractivity contribution is 5.09. The van der Waals surface area contributed by atoms with Crippen molar-refractivity contribution in [3.05, 3.63) is 0 Å². The monoisotopic (exact) mass is 200 g/mol. The summed E-state index contributed by atoms with van der Waals surface area (Å²) >= 11 is 0. The quantitative estimate of drug-likeness (QED) is 0.670. The van der Waals surface area contributed by atoms with Crippen molar-refractivity contribution in [2.24, 2.45) is 5.92 Å². The van der Waals surface area contributed by atoms with Crippen LogP contribution in [0.2, 0.25) is 0 Å². The molecule has 0 radical (unpaired) electrons. The third kappa shape index (κ3) is 1.69. The Balaban J connectivity index is 1.95. The summed E-state index contributed by atoms with van der Waals surface area (Å²) in [5, 5.41) is 19.8. The Morgan fingerprint density at radius 3 is 2.86 bits per heavy atom. The first-order valence-corrected chi connectivity index (χ1v) is 5.62. The number of ether oxygens (including phenoxy) is 1. The number of hydrogen-bond acceptors (Lipinski definition) is 3. The number of fused-ring (bicyclic) bond motifs is 1. The summed E-state index contributed by atoms with van der Waals surface area (Å²) in [4.78, 5) is 0. The molecule has 2 rings (SSSR count). The molecular formula is C11H20O3. The van der Waals surface area contributed by atoms with Gasteiger partial charge in [0, 0.05) is 12.3 Å². The van der Waals surface area contributed by atoms with Crippen LogP contribution in [0.4, 0.5) is 0 Å². The molecule has 1 aliphatic heterocycles. The minimum atomic E-state index is -0.813. The van der Waals surface area contributed by atoms with Gasteiger partial charge in [0.25, 0.3) is 0 Å². The van der Waals surface area contributed by atoms with E-state index in [-0.39, 0.29) is 24.2 Å². The van der Waals surface area contributed by atoms with Gasteiger partial charge < -0.3 is 14.9 Å². The Labute approximate surface area is 85.1 Å². The summed E-state index contributed by atoms with van der Waals surface area (Å²) in [6.45, 7) is 3.91. The Kier molecular flexibility index (Phi) is 2.58. The van der Waals surface area contributed by atoms with Crippen LogP contribution in [0.1, 0.15) is 39.5 Å². The molecule has 1 saturated heterocycles. The molecule has 0 bridgehead atoms. The maximum Gasteiger partial charge on any atom is 0.113 e. The molecule has 0 spiro atoms. The molecule has 14 heavy (non-hydrogen) atoms. The van der Waals surface area contributed by atoms with Crippen LogP contribution in [0, 0.1) is 5.92 Å². The molecule has 3 heteroatoms. The van der Waals surface area contributed by atoms with E-state index in [1.165, 1.54) is 0 Å². The highest BCUT2D eigenvalue weighted by Gasteiger charge is 2.60. The predicted octanol–water partition coefficient (Wildman–Crippen LogP) is 1.08. The van der Waals surface area contributed by atoms with Crippen molar-refractivity contribution in [1.82, 2.24) is 0 Å². The van der Waals surface area contributed by atoms with Gasteiger partial charge in [0.05, 0.1) is 17.8 Å². The van der Waals surface area contributed by atoms with Crippen LogP contribution >= 0.6 is 0 Å². The normalized spacial score (nSPS) is 51.4. The lowest BCUT2D eigenvalue weighted by Gasteiger charge is -2.33. The van der Waals surface area contributed by atoms with Crippen LogP contribution in [-0.4, -0.2) is 34.1 Å². The van der Waals surface area contributed by atoms with Crippen LogP contribution < -0.4 is 0 Å². The molecule has 0 unspecified atom stereocenters. The Morgan fingerprint density at radius 2 is 2.21 bits per heavy atom. The summed E-state index contributed by atoms with van der Waals surface area (Å²) in [6, 6.07) is 0. The maximum absolute atomic E-state index is 9.91. The molecule has 3 nitrogen and oxygen atoms in total.